The minimum Gasteiger partial charge on any atom is -0.455 e. The summed E-state index contributed by atoms with van der Waals surface area (Å²) in [6.45, 7) is 1.88. The third-order valence-electron chi connectivity index (χ3n) is 3.10. The van der Waals surface area contributed by atoms with E-state index in [1.54, 1.807) is 31.4 Å². The van der Waals surface area contributed by atoms with Crippen LogP contribution in [0.3, 0.4) is 0 Å². The number of amides is 2. The summed E-state index contributed by atoms with van der Waals surface area (Å²) in [5.74, 6) is -0.169. The van der Waals surface area contributed by atoms with E-state index in [0.717, 1.165) is 16.6 Å². The van der Waals surface area contributed by atoms with Crippen molar-refractivity contribution < 1.29 is 23.6 Å². The van der Waals surface area contributed by atoms with Crippen molar-refractivity contribution in [3.05, 3.63) is 34.2 Å². The van der Waals surface area contributed by atoms with Gasteiger partial charge in [0.2, 0.25) is 5.91 Å². The molecule has 0 aliphatic rings. The Hall–Kier alpha value is -2.33. The molecule has 10 heteroatoms. The van der Waals surface area contributed by atoms with Crippen molar-refractivity contribution in [3.8, 4) is 0 Å². The quantitative estimate of drug-likeness (QED) is 0.645. The molecule has 1 N–H and O–H groups in total. The van der Waals surface area contributed by atoms with Gasteiger partial charge in [-0.15, -0.1) is 23.1 Å². The minimum atomic E-state index is -0.544. The maximum atomic E-state index is 11.9. The molecule has 140 valence electrons. The zero-order valence-corrected chi connectivity index (χ0v) is 16.0. The predicted molar refractivity (Wildman–Crippen MR) is 98.9 cm³/mol. The van der Waals surface area contributed by atoms with E-state index < -0.39 is 5.97 Å². The molecule has 0 fully saturated rings. The third kappa shape index (κ3) is 6.89. The number of hydrogen-bond acceptors (Lipinski definition) is 8. The van der Waals surface area contributed by atoms with Crippen molar-refractivity contribution >= 4 is 46.7 Å². The van der Waals surface area contributed by atoms with Crippen LogP contribution in [0.1, 0.15) is 10.6 Å². The lowest BCUT2D eigenvalue weighted by Gasteiger charge is -2.16. The molecule has 0 saturated heterocycles. The van der Waals surface area contributed by atoms with Crippen LogP contribution in [0.4, 0.5) is 5.82 Å². The molecule has 0 aliphatic heterocycles. The number of nitrogens with zero attached hydrogens (tertiary/aromatic N) is 2. The molecule has 2 aromatic rings. The summed E-state index contributed by atoms with van der Waals surface area (Å²) < 4.78 is 9.77. The highest BCUT2D eigenvalue weighted by atomic mass is 32.2. The van der Waals surface area contributed by atoms with E-state index >= 15 is 0 Å². The molecule has 0 spiro atoms. The molecule has 2 heterocycles. The van der Waals surface area contributed by atoms with E-state index in [1.807, 2.05) is 17.5 Å². The van der Waals surface area contributed by atoms with Gasteiger partial charge < -0.3 is 19.5 Å². The largest absolute Gasteiger partial charge is 0.455 e. The third-order valence-corrected chi connectivity index (χ3v) is 4.87. The lowest BCUT2D eigenvalue weighted by Crippen LogP contribution is -2.30. The van der Waals surface area contributed by atoms with Crippen LogP contribution in [0.25, 0.3) is 0 Å². The van der Waals surface area contributed by atoms with E-state index in [2.05, 4.69) is 10.5 Å². The molecular formula is C16H19N3O5S2. The number of aromatic nitrogens is 1. The Morgan fingerprint density at radius 1 is 1.38 bits per heavy atom. The molecular weight excluding hydrogens is 378 g/mol. The second-order valence-corrected chi connectivity index (χ2v) is 7.37. The van der Waals surface area contributed by atoms with Crippen molar-refractivity contribution in [2.24, 2.45) is 0 Å². The monoisotopic (exact) mass is 397 g/mol. The number of hydrogen-bond donors (Lipinski definition) is 1. The van der Waals surface area contributed by atoms with Gasteiger partial charge in [0.25, 0.3) is 5.91 Å². The zero-order chi connectivity index (χ0) is 18.9. The first-order chi connectivity index (χ1) is 12.4. The topological polar surface area (TPSA) is 102 Å². The van der Waals surface area contributed by atoms with Crippen LogP contribution in [-0.2, 0) is 25.7 Å². The molecule has 0 unspecified atom stereocenters. The highest BCUT2D eigenvalue weighted by molar-refractivity contribution is 8.00. The van der Waals surface area contributed by atoms with Gasteiger partial charge in [-0.2, -0.15) is 0 Å². The van der Waals surface area contributed by atoms with Crippen molar-refractivity contribution in [1.29, 1.82) is 0 Å². The summed E-state index contributed by atoms with van der Waals surface area (Å²) in [5, 5.41) is 8.12. The first-order valence-electron chi connectivity index (χ1n) is 7.67. The van der Waals surface area contributed by atoms with Crippen LogP contribution >= 0.6 is 23.1 Å². The molecule has 8 nitrogen and oxygen atoms in total. The van der Waals surface area contributed by atoms with E-state index in [4.69, 9.17) is 9.26 Å². The number of ether oxygens (including phenoxy) is 1. The molecule has 2 aromatic heterocycles. The zero-order valence-electron chi connectivity index (χ0n) is 14.4. The molecule has 26 heavy (non-hydrogen) atoms. The lowest BCUT2D eigenvalue weighted by atomic mass is 10.4. The van der Waals surface area contributed by atoms with Gasteiger partial charge in [0.1, 0.15) is 5.76 Å². The summed E-state index contributed by atoms with van der Waals surface area (Å²) in [6.07, 6.45) is 0. The number of thiophene rings is 1. The van der Waals surface area contributed by atoms with Crippen molar-refractivity contribution in [3.63, 3.8) is 0 Å². The summed E-state index contributed by atoms with van der Waals surface area (Å²) in [6, 6.07) is 5.44. The maximum Gasteiger partial charge on any atom is 0.316 e. The first-order valence-corrected chi connectivity index (χ1v) is 9.70. The predicted octanol–water partition coefficient (Wildman–Crippen LogP) is 1.92. The van der Waals surface area contributed by atoms with Gasteiger partial charge in [0, 0.05) is 18.0 Å². The average molecular weight is 397 g/mol. The average Bonchev–Trinajstić information content (AvgIpc) is 3.24. The number of nitrogens with one attached hydrogen (secondary N) is 1. The number of thioether (sulfide) groups is 1. The van der Waals surface area contributed by atoms with Crippen molar-refractivity contribution in [1.82, 2.24) is 10.1 Å². The molecule has 2 amide bonds. The second kappa shape index (κ2) is 9.97. The fourth-order valence-corrected chi connectivity index (χ4v) is 3.22. The van der Waals surface area contributed by atoms with Gasteiger partial charge in [0.15, 0.2) is 12.4 Å². The number of likely N-dealkylation sites (N-methyl/N-ethyl adjacent to an activating group) is 1. The molecule has 0 atom stereocenters. The van der Waals surface area contributed by atoms with Crippen LogP contribution in [0.15, 0.2) is 28.1 Å². The number of aryl methyl sites for hydroxylation is 1. The fraction of sp³-hybridized carbons (Fsp3) is 0.375. The Labute approximate surface area is 158 Å². The van der Waals surface area contributed by atoms with Gasteiger partial charge in [0.05, 0.1) is 18.1 Å². The van der Waals surface area contributed by atoms with Crippen LogP contribution < -0.4 is 5.32 Å². The number of carbonyl (C=O) groups is 3. The molecule has 0 aliphatic carbocycles. The SMILES string of the molecule is Cc1cc(NC(=O)CSCC(=O)OCC(=O)N(C)Cc2cccs2)no1. The fourth-order valence-electron chi connectivity index (χ4n) is 1.85. The highest BCUT2D eigenvalue weighted by Gasteiger charge is 2.14. The Morgan fingerprint density at radius 3 is 2.85 bits per heavy atom. The first kappa shape index (κ1) is 20.0. The molecule has 0 bridgehead atoms. The van der Waals surface area contributed by atoms with Crippen LogP contribution in [-0.4, -0.2) is 53.0 Å². The summed E-state index contributed by atoms with van der Waals surface area (Å²) in [5.41, 5.74) is 0. The Bertz CT molecular complexity index is 745. The van der Waals surface area contributed by atoms with Crippen molar-refractivity contribution in [2.75, 3.05) is 30.5 Å². The Balaban J connectivity index is 1.59. The Kier molecular flexibility index (Phi) is 7.67. The summed E-state index contributed by atoms with van der Waals surface area (Å²) in [4.78, 5) is 37.8. The van der Waals surface area contributed by atoms with Gasteiger partial charge >= 0.3 is 5.97 Å². The standard InChI is InChI=1S/C16H19N3O5S2/c1-11-6-13(18-24-11)17-14(20)9-25-10-16(22)23-8-15(21)19(2)7-12-4-3-5-26-12/h3-6H,7-10H2,1-2H3,(H,17,18,20). The number of rotatable bonds is 9. The van der Waals surface area contributed by atoms with Gasteiger partial charge in [-0.3, -0.25) is 14.4 Å². The minimum absolute atomic E-state index is 0.0207. The highest BCUT2D eigenvalue weighted by Crippen LogP contribution is 2.11. The summed E-state index contributed by atoms with van der Waals surface area (Å²) >= 11 is 2.65. The molecule has 0 saturated carbocycles. The van der Waals surface area contributed by atoms with Crippen molar-refractivity contribution in [2.45, 2.75) is 13.5 Å². The van der Waals surface area contributed by atoms with Gasteiger partial charge in [-0.1, -0.05) is 11.2 Å². The van der Waals surface area contributed by atoms with Crippen LogP contribution in [0, 0.1) is 6.92 Å². The maximum absolute atomic E-state index is 11.9. The second-order valence-electron chi connectivity index (χ2n) is 5.35. The molecule has 2 rings (SSSR count). The summed E-state index contributed by atoms with van der Waals surface area (Å²) in [7, 11) is 1.65. The van der Waals surface area contributed by atoms with E-state index in [1.165, 1.54) is 4.90 Å². The number of esters is 1. The van der Waals surface area contributed by atoms with Gasteiger partial charge in [-0.25, -0.2) is 0 Å². The van der Waals surface area contributed by atoms with Gasteiger partial charge in [-0.05, 0) is 18.4 Å². The van der Waals surface area contributed by atoms with E-state index in [-0.39, 0.29) is 29.9 Å². The smallest absolute Gasteiger partial charge is 0.316 e. The van der Waals surface area contributed by atoms with E-state index in [9.17, 15) is 14.4 Å². The van der Waals surface area contributed by atoms with E-state index in [0.29, 0.717) is 18.1 Å². The molecule has 0 aromatic carbocycles. The Morgan fingerprint density at radius 2 is 2.19 bits per heavy atom. The number of anilines is 1. The normalized spacial score (nSPS) is 10.4. The number of carbonyl (C=O) groups excluding carboxylic acids is 3. The van der Waals surface area contributed by atoms with Crippen LogP contribution in [0.2, 0.25) is 0 Å². The molecule has 0 radical (unpaired) electrons. The van der Waals surface area contributed by atoms with Crippen LogP contribution in [0.5, 0.6) is 0 Å². The lowest BCUT2D eigenvalue weighted by molar-refractivity contribution is -0.149.